The summed E-state index contributed by atoms with van der Waals surface area (Å²) in [5.41, 5.74) is 6.62. The average molecular weight is 276 g/mol. The molecule has 1 aromatic rings. The molecule has 106 valence electrons. The van der Waals surface area contributed by atoms with Gasteiger partial charge in [0, 0.05) is 17.8 Å². The smallest absolute Gasteiger partial charge is 0.399 e. The molecular weight excluding hydrogens is 261 g/mol. The van der Waals surface area contributed by atoms with E-state index in [0.29, 0.717) is 16.2 Å². The highest BCUT2D eigenvalue weighted by Gasteiger charge is 2.33. The van der Waals surface area contributed by atoms with E-state index in [2.05, 4.69) is 0 Å². The van der Waals surface area contributed by atoms with Crippen LogP contribution < -0.4 is 5.73 Å². The first-order valence-electron chi connectivity index (χ1n) is 5.57. The third-order valence-electron chi connectivity index (χ3n) is 2.37. The van der Waals surface area contributed by atoms with Gasteiger partial charge in [-0.2, -0.15) is 13.2 Å². The van der Waals surface area contributed by atoms with Crippen LogP contribution in [0.5, 0.6) is 0 Å². The van der Waals surface area contributed by atoms with Gasteiger partial charge in [0.1, 0.15) is 6.54 Å². The van der Waals surface area contributed by atoms with E-state index in [-0.39, 0.29) is 12.1 Å². The summed E-state index contributed by atoms with van der Waals surface area (Å²) in [6.07, 6.45) is -4.51. The Morgan fingerprint density at radius 1 is 1.37 bits per heavy atom. The van der Waals surface area contributed by atoms with Crippen molar-refractivity contribution in [1.29, 1.82) is 0 Å². The fourth-order valence-electron chi connectivity index (χ4n) is 1.71. The standard InChI is InChI=1S/C12H15F3N2O2/c1-8-4-9(6-10(16)5-8)11(19)17(2-3-18)7-12(13,14)15/h4-6,18H,2-3,7,16H2,1H3. The maximum Gasteiger partial charge on any atom is 0.406 e. The van der Waals surface area contributed by atoms with Crippen molar-refractivity contribution in [3.63, 3.8) is 0 Å². The summed E-state index contributed by atoms with van der Waals surface area (Å²) in [5, 5.41) is 8.75. The Morgan fingerprint density at radius 3 is 2.47 bits per heavy atom. The first kappa shape index (κ1) is 15.3. The summed E-state index contributed by atoms with van der Waals surface area (Å²) in [6.45, 7) is -0.636. The second-order valence-electron chi connectivity index (χ2n) is 4.20. The highest BCUT2D eigenvalue weighted by atomic mass is 19.4. The molecule has 0 saturated heterocycles. The predicted molar refractivity (Wildman–Crippen MR) is 64.6 cm³/mol. The van der Waals surface area contributed by atoms with Gasteiger partial charge < -0.3 is 15.7 Å². The van der Waals surface area contributed by atoms with E-state index in [9.17, 15) is 18.0 Å². The van der Waals surface area contributed by atoms with Crippen molar-refractivity contribution in [2.45, 2.75) is 13.1 Å². The number of carbonyl (C=O) groups is 1. The molecule has 0 radical (unpaired) electrons. The summed E-state index contributed by atoms with van der Waals surface area (Å²) in [7, 11) is 0. The van der Waals surface area contributed by atoms with Crippen LogP contribution in [-0.4, -0.2) is 41.8 Å². The van der Waals surface area contributed by atoms with Crippen LogP contribution >= 0.6 is 0 Å². The molecule has 0 heterocycles. The van der Waals surface area contributed by atoms with E-state index in [4.69, 9.17) is 10.8 Å². The number of alkyl halides is 3. The Labute approximate surface area is 108 Å². The molecule has 1 amide bonds. The van der Waals surface area contributed by atoms with Gasteiger partial charge in [0.15, 0.2) is 0 Å². The minimum Gasteiger partial charge on any atom is -0.399 e. The minimum absolute atomic E-state index is 0.0789. The van der Waals surface area contributed by atoms with Crippen molar-refractivity contribution in [1.82, 2.24) is 4.90 Å². The van der Waals surface area contributed by atoms with Crippen molar-refractivity contribution >= 4 is 11.6 Å². The zero-order valence-electron chi connectivity index (χ0n) is 10.4. The highest BCUT2D eigenvalue weighted by molar-refractivity contribution is 5.95. The fraction of sp³-hybridized carbons (Fsp3) is 0.417. The number of aryl methyl sites for hydroxylation is 1. The van der Waals surface area contributed by atoms with Crippen LogP contribution in [0, 0.1) is 6.92 Å². The normalized spacial score (nSPS) is 11.4. The summed E-state index contributed by atoms with van der Waals surface area (Å²) in [5.74, 6) is -0.804. The number of anilines is 1. The molecule has 0 bridgehead atoms. The molecule has 19 heavy (non-hydrogen) atoms. The lowest BCUT2D eigenvalue weighted by atomic mass is 10.1. The Kier molecular flexibility index (Phi) is 4.77. The van der Waals surface area contributed by atoms with Gasteiger partial charge in [0.2, 0.25) is 0 Å². The summed E-state index contributed by atoms with van der Waals surface area (Å²) >= 11 is 0. The Hall–Kier alpha value is -1.76. The Bertz CT molecular complexity index is 441. The van der Waals surface area contributed by atoms with Gasteiger partial charge in [0.05, 0.1) is 6.61 Å². The van der Waals surface area contributed by atoms with E-state index in [0.717, 1.165) is 0 Å². The van der Waals surface area contributed by atoms with Gasteiger partial charge in [-0.15, -0.1) is 0 Å². The van der Waals surface area contributed by atoms with Crippen molar-refractivity contribution in [3.05, 3.63) is 29.3 Å². The van der Waals surface area contributed by atoms with E-state index in [1.807, 2.05) is 0 Å². The summed E-state index contributed by atoms with van der Waals surface area (Å²) in [4.78, 5) is 12.5. The summed E-state index contributed by atoms with van der Waals surface area (Å²) < 4.78 is 37.1. The predicted octanol–water partition coefficient (Wildman–Crippen LogP) is 1.57. The number of hydrogen-bond acceptors (Lipinski definition) is 3. The lowest BCUT2D eigenvalue weighted by Crippen LogP contribution is -2.40. The number of nitrogens with zero attached hydrogens (tertiary/aromatic N) is 1. The summed E-state index contributed by atoms with van der Waals surface area (Å²) in [6, 6.07) is 4.38. The zero-order chi connectivity index (χ0) is 14.6. The van der Waals surface area contributed by atoms with E-state index in [1.165, 1.54) is 12.1 Å². The number of carbonyl (C=O) groups excluding carboxylic acids is 1. The molecule has 0 spiro atoms. The number of benzene rings is 1. The third-order valence-corrected chi connectivity index (χ3v) is 2.37. The molecule has 0 fully saturated rings. The number of hydrogen-bond donors (Lipinski definition) is 2. The van der Waals surface area contributed by atoms with Gasteiger partial charge in [0.25, 0.3) is 5.91 Å². The van der Waals surface area contributed by atoms with Crippen molar-refractivity contribution in [2.75, 3.05) is 25.4 Å². The maximum atomic E-state index is 12.4. The first-order chi connectivity index (χ1) is 8.73. The van der Waals surface area contributed by atoms with E-state index < -0.39 is 25.2 Å². The molecule has 0 unspecified atom stereocenters. The SMILES string of the molecule is Cc1cc(N)cc(C(=O)N(CCO)CC(F)(F)F)c1. The van der Waals surface area contributed by atoms with E-state index in [1.54, 1.807) is 13.0 Å². The van der Waals surface area contributed by atoms with Crippen molar-refractivity contribution < 1.29 is 23.1 Å². The molecule has 0 aliphatic carbocycles. The molecule has 4 nitrogen and oxygen atoms in total. The molecule has 1 rings (SSSR count). The van der Waals surface area contributed by atoms with Gasteiger partial charge in [-0.1, -0.05) is 0 Å². The number of halogens is 3. The van der Waals surface area contributed by atoms with Crippen LogP contribution in [0.25, 0.3) is 0 Å². The zero-order valence-corrected chi connectivity index (χ0v) is 10.4. The monoisotopic (exact) mass is 276 g/mol. The molecule has 0 aliphatic rings. The molecule has 3 N–H and O–H groups in total. The lowest BCUT2D eigenvalue weighted by Gasteiger charge is -2.23. The second-order valence-corrected chi connectivity index (χ2v) is 4.20. The van der Waals surface area contributed by atoms with Gasteiger partial charge >= 0.3 is 6.18 Å². The van der Waals surface area contributed by atoms with Gasteiger partial charge in [-0.3, -0.25) is 4.79 Å². The molecular formula is C12H15F3N2O2. The molecule has 0 saturated carbocycles. The second kappa shape index (κ2) is 5.92. The Balaban J connectivity index is 2.98. The third kappa shape index (κ3) is 4.78. The van der Waals surface area contributed by atoms with Crippen LogP contribution in [0.15, 0.2) is 18.2 Å². The molecule has 7 heteroatoms. The largest absolute Gasteiger partial charge is 0.406 e. The number of aliphatic hydroxyl groups is 1. The molecule has 1 aromatic carbocycles. The van der Waals surface area contributed by atoms with Gasteiger partial charge in [-0.05, 0) is 30.7 Å². The van der Waals surface area contributed by atoms with E-state index >= 15 is 0 Å². The van der Waals surface area contributed by atoms with Crippen LogP contribution in [0.3, 0.4) is 0 Å². The maximum absolute atomic E-state index is 12.4. The number of rotatable bonds is 4. The number of aliphatic hydroxyl groups excluding tert-OH is 1. The molecule has 0 atom stereocenters. The van der Waals surface area contributed by atoms with Crippen LogP contribution in [0.1, 0.15) is 15.9 Å². The van der Waals surface area contributed by atoms with Crippen LogP contribution in [-0.2, 0) is 0 Å². The average Bonchev–Trinajstić information content (AvgIpc) is 2.24. The molecule has 0 aromatic heterocycles. The van der Waals surface area contributed by atoms with Crippen molar-refractivity contribution in [2.24, 2.45) is 0 Å². The fourth-order valence-corrected chi connectivity index (χ4v) is 1.71. The van der Waals surface area contributed by atoms with Crippen LogP contribution in [0.4, 0.5) is 18.9 Å². The number of amides is 1. The number of nitrogen functional groups attached to an aromatic ring is 1. The quantitative estimate of drug-likeness (QED) is 0.820. The lowest BCUT2D eigenvalue weighted by molar-refractivity contribution is -0.141. The first-order valence-corrected chi connectivity index (χ1v) is 5.57. The number of nitrogens with two attached hydrogens (primary N) is 1. The van der Waals surface area contributed by atoms with Crippen molar-refractivity contribution in [3.8, 4) is 0 Å². The van der Waals surface area contributed by atoms with Gasteiger partial charge in [-0.25, -0.2) is 0 Å². The topological polar surface area (TPSA) is 66.6 Å². The molecule has 0 aliphatic heterocycles. The van der Waals surface area contributed by atoms with Crippen LogP contribution in [0.2, 0.25) is 0 Å². The Morgan fingerprint density at radius 2 is 2.00 bits per heavy atom. The highest BCUT2D eigenvalue weighted by Crippen LogP contribution is 2.19. The minimum atomic E-state index is -4.51.